The first kappa shape index (κ1) is 35.0. The first-order chi connectivity index (χ1) is 24.3. The van der Waals surface area contributed by atoms with E-state index in [-0.39, 0.29) is 16.6 Å². The SMILES string of the molecule is O=S(=O)(O)c1cccnc1-c1c(C2=c3ccc([nH]3)=Cc3ccc([nH]3)C=c3ccc([nH]3)=Cc3ccc2[nH]3)nc(S(=O)(=O)O)c(S(=O)(=O)O)c1S(=O)(=O)O. The Hall–Kier alpha value is -5.46. The van der Waals surface area contributed by atoms with Crippen LogP contribution in [-0.2, 0) is 40.5 Å². The monoisotopic (exact) mass is 786 g/mol. The molecule has 0 spiro atoms. The number of nitrogens with one attached hydrogen (secondary N) is 4. The molecule has 1 aliphatic heterocycles. The third-order valence-corrected chi connectivity index (χ3v) is 11.5. The molecule has 22 heteroatoms. The summed E-state index contributed by atoms with van der Waals surface area (Å²) in [5, 5.41) is -0.199. The van der Waals surface area contributed by atoms with Gasteiger partial charge in [-0.2, -0.15) is 33.7 Å². The molecule has 18 nitrogen and oxygen atoms in total. The lowest BCUT2D eigenvalue weighted by molar-refractivity contribution is 0.451. The molecule has 7 rings (SSSR count). The second-order valence-electron chi connectivity index (χ2n) is 11.2. The van der Waals surface area contributed by atoms with Gasteiger partial charge in [0, 0.05) is 44.9 Å². The number of H-pyrrole nitrogens is 4. The van der Waals surface area contributed by atoms with Crippen molar-refractivity contribution in [2.45, 2.75) is 19.7 Å². The number of pyridine rings is 2. The van der Waals surface area contributed by atoms with Gasteiger partial charge >= 0.3 is 10.1 Å². The molecule has 0 aromatic carbocycles. The van der Waals surface area contributed by atoms with Gasteiger partial charge in [-0.05, 0) is 78.9 Å². The van der Waals surface area contributed by atoms with Crippen molar-refractivity contribution in [3.8, 4) is 11.3 Å². The third kappa shape index (κ3) is 6.55. The molecular formula is C30H22N6O12S4. The van der Waals surface area contributed by atoms with Crippen LogP contribution in [0.3, 0.4) is 0 Å². The van der Waals surface area contributed by atoms with Crippen LogP contribution in [0.1, 0.15) is 28.5 Å². The van der Waals surface area contributed by atoms with E-state index >= 15 is 0 Å². The molecule has 0 aliphatic carbocycles. The molecule has 0 saturated heterocycles. The van der Waals surface area contributed by atoms with Crippen LogP contribution >= 0.6 is 0 Å². The molecular weight excluding hydrogens is 765 g/mol. The minimum Gasteiger partial charge on any atom is -0.355 e. The van der Waals surface area contributed by atoms with Gasteiger partial charge in [0.15, 0.2) is 4.90 Å². The Morgan fingerprint density at radius 2 is 1.08 bits per heavy atom. The number of nitrogens with zero attached hydrogens (tertiary/aromatic N) is 2. The standard InChI is InChI=1S/C30H22N6O12S4/c37-49(38,39)23-2-1-11-31-26(23)25-27(36-30(52(46,47)48)29(51(43,44)45)28(25)50(40,41)42)24-21-9-7-19(34-21)13-17-5-3-15(32-17)12-16-4-6-18(33-16)14-20-8-10-22(24)35-20/h1-14,32-35H,(H,37,38,39)(H,40,41,42)(H,43,44,45)(H,46,47,48). The second kappa shape index (κ2) is 12.1. The second-order valence-corrected chi connectivity index (χ2v) is 16.7. The Labute approximate surface area is 292 Å². The van der Waals surface area contributed by atoms with Gasteiger partial charge in [0.1, 0.15) is 9.79 Å². The maximum absolute atomic E-state index is 13.2. The summed E-state index contributed by atoms with van der Waals surface area (Å²) < 4.78 is 144. The number of aromatic nitrogens is 6. The van der Waals surface area contributed by atoms with Crippen molar-refractivity contribution in [3.63, 3.8) is 0 Å². The summed E-state index contributed by atoms with van der Waals surface area (Å²) in [4.78, 5) is 15.0. The lowest BCUT2D eigenvalue weighted by Crippen LogP contribution is -2.22. The van der Waals surface area contributed by atoms with Crippen LogP contribution in [0.25, 0.3) is 35.1 Å². The topological polar surface area (TPSA) is 306 Å². The zero-order valence-electron chi connectivity index (χ0n) is 25.7. The number of aromatic amines is 4. The van der Waals surface area contributed by atoms with Crippen LogP contribution in [0.5, 0.6) is 0 Å². The van der Waals surface area contributed by atoms with E-state index in [1.807, 2.05) is 18.2 Å². The molecule has 0 amide bonds. The molecule has 0 unspecified atom stereocenters. The van der Waals surface area contributed by atoms with Gasteiger partial charge in [-0.25, -0.2) is 4.98 Å². The average molecular weight is 787 g/mol. The zero-order valence-corrected chi connectivity index (χ0v) is 28.9. The lowest BCUT2D eigenvalue weighted by Gasteiger charge is -2.19. The van der Waals surface area contributed by atoms with Gasteiger partial charge in [0.2, 0.25) is 5.03 Å². The molecule has 6 aromatic rings. The van der Waals surface area contributed by atoms with Crippen LogP contribution in [0.4, 0.5) is 0 Å². The molecule has 0 fully saturated rings. The predicted molar refractivity (Wildman–Crippen MR) is 181 cm³/mol. The van der Waals surface area contributed by atoms with Gasteiger partial charge in [-0.1, -0.05) is 0 Å². The summed E-state index contributed by atoms with van der Waals surface area (Å²) in [6.45, 7) is 0. The van der Waals surface area contributed by atoms with E-state index in [2.05, 4.69) is 29.9 Å². The lowest BCUT2D eigenvalue weighted by atomic mass is 10.00. The molecule has 7 heterocycles. The molecule has 0 saturated carbocycles. The molecule has 52 heavy (non-hydrogen) atoms. The highest BCUT2D eigenvalue weighted by Gasteiger charge is 2.41. The average Bonchev–Trinajstić information content (AvgIpc) is 3.85. The first-order valence-electron chi connectivity index (χ1n) is 14.4. The predicted octanol–water partition coefficient (Wildman–Crippen LogP) is -0.510. The maximum atomic E-state index is 13.2. The normalized spacial score (nSPS) is 13.7. The highest BCUT2D eigenvalue weighted by molar-refractivity contribution is 7.90. The van der Waals surface area contributed by atoms with E-state index in [0.717, 1.165) is 29.4 Å². The first-order valence-corrected chi connectivity index (χ1v) is 20.1. The quantitative estimate of drug-likeness (QED) is 0.0986. The maximum Gasteiger partial charge on any atom is 0.313 e. The fourth-order valence-corrected chi connectivity index (χ4v) is 9.65. The molecule has 268 valence electrons. The van der Waals surface area contributed by atoms with E-state index < -0.39 is 77.1 Å². The van der Waals surface area contributed by atoms with E-state index in [1.165, 1.54) is 12.1 Å². The zero-order chi connectivity index (χ0) is 37.4. The Kier molecular flexibility index (Phi) is 8.11. The largest absolute Gasteiger partial charge is 0.355 e. The molecule has 6 aromatic heterocycles. The van der Waals surface area contributed by atoms with Gasteiger partial charge in [0.05, 0.1) is 28.0 Å². The Morgan fingerprint density at radius 3 is 1.65 bits per heavy atom. The van der Waals surface area contributed by atoms with Gasteiger partial charge in [-0.15, -0.1) is 0 Å². The fraction of sp³-hybridized carbons (Fsp3) is 0. The van der Waals surface area contributed by atoms with Crippen molar-refractivity contribution in [3.05, 3.63) is 117 Å². The van der Waals surface area contributed by atoms with E-state index in [9.17, 15) is 51.9 Å². The van der Waals surface area contributed by atoms with Crippen LogP contribution in [-0.4, -0.2) is 81.8 Å². The number of hydrogen-bond donors (Lipinski definition) is 8. The Bertz CT molecular complexity index is 3190. The number of rotatable bonds is 6. The van der Waals surface area contributed by atoms with Crippen molar-refractivity contribution in [1.29, 1.82) is 0 Å². The van der Waals surface area contributed by atoms with Gasteiger partial charge in [0.25, 0.3) is 30.4 Å². The summed E-state index contributed by atoms with van der Waals surface area (Å²) in [5.74, 6) is 0. The molecule has 8 bridgehead atoms. The van der Waals surface area contributed by atoms with Crippen molar-refractivity contribution >= 4 is 64.3 Å². The summed E-state index contributed by atoms with van der Waals surface area (Å²) >= 11 is 0. The molecule has 0 atom stereocenters. The van der Waals surface area contributed by atoms with Crippen molar-refractivity contribution in [1.82, 2.24) is 29.9 Å². The van der Waals surface area contributed by atoms with Gasteiger partial charge in [-0.3, -0.25) is 23.2 Å². The smallest absolute Gasteiger partial charge is 0.313 e. The molecule has 0 radical (unpaired) electrons. The van der Waals surface area contributed by atoms with Gasteiger partial charge < -0.3 is 19.9 Å². The van der Waals surface area contributed by atoms with Crippen molar-refractivity contribution < 1.29 is 51.9 Å². The summed E-state index contributed by atoms with van der Waals surface area (Å²) in [7, 11) is -23.3. The summed E-state index contributed by atoms with van der Waals surface area (Å²) in [6.07, 6.45) is 6.10. The minimum atomic E-state index is -6.05. The van der Waals surface area contributed by atoms with Crippen molar-refractivity contribution in [2.24, 2.45) is 0 Å². The van der Waals surface area contributed by atoms with E-state index in [0.29, 0.717) is 22.1 Å². The number of hydrogen-bond acceptors (Lipinski definition) is 10. The minimum absolute atomic E-state index is 0.00696. The van der Waals surface area contributed by atoms with Crippen LogP contribution in [0.15, 0.2) is 86.6 Å². The Balaban J connectivity index is 1.75. The highest BCUT2D eigenvalue weighted by Crippen LogP contribution is 2.42. The van der Waals surface area contributed by atoms with Crippen molar-refractivity contribution in [2.75, 3.05) is 0 Å². The van der Waals surface area contributed by atoms with E-state index in [1.54, 1.807) is 36.4 Å². The van der Waals surface area contributed by atoms with Crippen LogP contribution in [0.2, 0.25) is 0 Å². The number of fused-ring (bicyclic) bond motifs is 8. The highest BCUT2D eigenvalue weighted by atomic mass is 32.2. The van der Waals surface area contributed by atoms with Crippen LogP contribution in [0, 0.1) is 0 Å². The summed E-state index contributed by atoms with van der Waals surface area (Å²) in [6, 6.07) is 14.9. The summed E-state index contributed by atoms with van der Waals surface area (Å²) in [5.41, 5.74) is -1.69. The fourth-order valence-electron chi connectivity index (χ4n) is 5.74. The third-order valence-electron chi connectivity index (χ3n) is 7.71. The molecule has 1 aliphatic rings. The van der Waals surface area contributed by atoms with Crippen LogP contribution < -0.4 is 21.4 Å². The Morgan fingerprint density at radius 1 is 0.519 bits per heavy atom. The molecule has 8 N–H and O–H groups in total. The van der Waals surface area contributed by atoms with E-state index in [4.69, 9.17) is 0 Å².